The van der Waals surface area contributed by atoms with Gasteiger partial charge in [-0.3, -0.25) is 4.79 Å². The first kappa shape index (κ1) is 34.7. The molecule has 3 aromatic carbocycles. The predicted molar refractivity (Wildman–Crippen MR) is 158 cm³/mol. The standard InChI is InChI=1S/C32H34F6N4O4/c1-18-27(16-45-31(44)41-17-32(36,37)38)40-15-23(46-18)13-14-24-25(35)3-2-4-26(24)42-30(43)29(39)28(19-5-9-21(33)10-6-19)20-7-11-22(34)12-8-20/h2-12,18,23,27-29,40H,13-17,39H2,1H3,(H,41,44)(H,42,43)/t18-,23-,27-,29+/m1/s1. The van der Waals surface area contributed by atoms with Crippen molar-refractivity contribution in [2.24, 2.45) is 5.73 Å². The summed E-state index contributed by atoms with van der Waals surface area (Å²) < 4.78 is 90.0. The molecule has 1 fully saturated rings. The Morgan fingerprint density at radius 1 is 1.00 bits per heavy atom. The molecule has 1 heterocycles. The van der Waals surface area contributed by atoms with Crippen LogP contribution in [0.5, 0.6) is 0 Å². The molecule has 1 aliphatic heterocycles. The molecule has 1 saturated heterocycles. The van der Waals surface area contributed by atoms with Crippen molar-refractivity contribution < 1.29 is 45.4 Å². The smallest absolute Gasteiger partial charge is 0.407 e. The Labute approximate surface area is 261 Å². The highest BCUT2D eigenvalue weighted by Gasteiger charge is 2.32. The van der Waals surface area contributed by atoms with Crippen molar-refractivity contribution >= 4 is 17.7 Å². The molecule has 4 atom stereocenters. The van der Waals surface area contributed by atoms with Crippen LogP contribution >= 0.6 is 0 Å². The molecule has 5 N–H and O–H groups in total. The summed E-state index contributed by atoms with van der Waals surface area (Å²) >= 11 is 0. The fraction of sp³-hybridized carbons (Fsp3) is 0.375. The predicted octanol–water partition coefficient (Wildman–Crippen LogP) is 5.17. The molecule has 0 unspecified atom stereocenters. The lowest BCUT2D eigenvalue weighted by Crippen LogP contribution is -2.54. The maximum Gasteiger partial charge on any atom is 0.407 e. The highest BCUT2D eigenvalue weighted by molar-refractivity contribution is 5.96. The molecule has 3 aromatic rings. The van der Waals surface area contributed by atoms with E-state index in [0.29, 0.717) is 24.1 Å². The van der Waals surface area contributed by atoms with Crippen molar-refractivity contribution in [1.82, 2.24) is 10.6 Å². The van der Waals surface area contributed by atoms with E-state index in [4.69, 9.17) is 15.2 Å². The van der Waals surface area contributed by atoms with Crippen LogP contribution in [0.1, 0.15) is 36.0 Å². The summed E-state index contributed by atoms with van der Waals surface area (Å²) in [5.41, 5.74) is 7.89. The maximum atomic E-state index is 15.0. The summed E-state index contributed by atoms with van der Waals surface area (Å²) in [7, 11) is 0. The molecule has 4 rings (SSSR count). The van der Waals surface area contributed by atoms with Crippen LogP contribution in [0, 0.1) is 17.5 Å². The van der Waals surface area contributed by atoms with Crippen LogP contribution in [0.15, 0.2) is 66.7 Å². The fourth-order valence-corrected chi connectivity index (χ4v) is 5.20. The normalized spacial score (nSPS) is 19.0. The van der Waals surface area contributed by atoms with Gasteiger partial charge in [-0.25, -0.2) is 18.0 Å². The van der Waals surface area contributed by atoms with E-state index in [1.165, 1.54) is 66.7 Å². The third-order valence-electron chi connectivity index (χ3n) is 7.62. The average molecular weight is 653 g/mol. The zero-order chi connectivity index (χ0) is 33.4. The van der Waals surface area contributed by atoms with Crippen molar-refractivity contribution in [2.45, 2.75) is 56.2 Å². The van der Waals surface area contributed by atoms with Crippen LogP contribution < -0.4 is 21.7 Å². The molecule has 46 heavy (non-hydrogen) atoms. The number of amides is 2. The largest absolute Gasteiger partial charge is 0.448 e. The van der Waals surface area contributed by atoms with E-state index in [1.807, 2.05) is 0 Å². The van der Waals surface area contributed by atoms with Gasteiger partial charge in [-0.15, -0.1) is 0 Å². The molecule has 2 amide bonds. The Kier molecular flexibility index (Phi) is 11.7. The van der Waals surface area contributed by atoms with E-state index < -0.39 is 72.4 Å². The van der Waals surface area contributed by atoms with E-state index in [1.54, 1.807) is 12.2 Å². The van der Waals surface area contributed by atoms with Crippen molar-refractivity contribution in [3.63, 3.8) is 0 Å². The van der Waals surface area contributed by atoms with Gasteiger partial charge in [0.15, 0.2) is 0 Å². The maximum absolute atomic E-state index is 15.0. The molecule has 8 nitrogen and oxygen atoms in total. The van der Waals surface area contributed by atoms with Crippen LogP contribution in [0.3, 0.4) is 0 Å². The van der Waals surface area contributed by atoms with Gasteiger partial charge in [-0.2, -0.15) is 13.2 Å². The summed E-state index contributed by atoms with van der Waals surface area (Å²) in [6, 6.07) is 13.4. The molecular formula is C32H34F6N4O4. The minimum absolute atomic E-state index is 0.164. The number of alkyl carbamates (subject to hydrolysis) is 1. The number of hydrogen-bond donors (Lipinski definition) is 4. The van der Waals surface area contributed by atoms with Crippen molar-refractivity contribution in [3.8, 4) is 0 Å². The summed E-state index contributed by atoms with van der Waals surface area (Å²) in [4.78, 5) is 25.0. The number of anilines is 1. The number of nitrogens with one attached hydrogen (secondary N) is 3. The van der Waals surface area contributed by atoms with Crippen LogP contribution in [-0.2, 0) is 20.7 Å². The summed E-state index contributed by atoms with van der Waals surface area (Å²) in [6.07, 6.45) is -6.14. The van der Waals surface area contributed by atoms with E-state index >= 15 is 4.39 Å². The first-order valence-electron chi connectivity index (χ1n) is 14.5. The summed E-state index contributed by atoms with van der Waals surface area (Å²) in [6.45, 7) is 0.264. The van der Waals surface area contributed by atoms with Gasteiger partial charge in [0.1, 0.15) is 30.6 Å². The lowest BCUT2D eigenvalue weighted by Gasteiger charge is -2.35. The number of hydrogen-bond acceptors (Lipinski definition) is 6. The molecule has 0 radical (unpaired) electrons. The second-order valence-corrected chi connectivity index (χ2v) is 10.9. The van der Waals surface area contributed by atoms with Crippen LogP contribution in [0.25, 0.3) is 0 Å². The Morgan fingerprint density at radius 2 is 1.61 bits per heavy atom. The lowest BCUT2D eigenvalue weighted by molar-refractivity contribution is -0.124. The minimum atomic E-state index is -4.56. The number of nitrogens with two attached hydrogens (primary N) is 1. The third-order valence-corrected chi connectivity index (χ3v) is 7.62. The number of halogens is 6. The second-order valence-electron chi connectivity index (χ2n) is 10.9. The zero-order valence-electron chi connectivity index (χ0n) is 24.8. The van der Waals surface area contributed by atoms with Gasteiger partial charge >= 0.3 is 12.3 Å². The first-order valence-corrected chi connectivity index (χ1v) is 14.5. The molecule has 0 spiro atoms. The molecule has 0 saturated carbocycles. The monoisotopic (exact) mass is 652 g/mol. The Bertz CT molecular complexity index is 1430. The van der Waals surface area contributed by atoms with E-state index in [0.717, 1.165) is 0 Å². The van der Waals surface area contributed by atoms with Crippen molar-refractivity contribution in [2.75, 3.05) is 25.0 Å². The van der Waals surface area contributed by atoms with Crippen LogP contribution in [-0.4, -0.2) is 62.2 Å². The quantitative estimate of drug-likeness (QED) is 0.213. The van der Waals surface area contributed by atoms with Gasteiger partial charge in [0.05, 0.1) is 24.3 Å². The number of rotatable bonds is 11. The van der Waals surface area contributed by atoms with Gasteiger partial charge in [-0.05, 0) is 67.3 Å². The van der Waals surface area contributed by atoms with Crippen molar-refractivity contribution in [3.05, 3.63) is 101 Å². The third kappa shape index (κ3) is 9.68. The Balaban J connectivity index is 1.38. The van der Waals surface area contributed by atoms with Gasteiger partial charge in [0.25, 0.3) is 0 Å². The van der Waals surface area contributed by atoms with Crippen LogP contribution in [0.2, 0.25) is 0 Å². The van der Waals surface area contributed by atoms with Crippen LogP contribution in [0.4, 0.5) is 36.8 Å². The molecule has 248 valence electrons. The summed E-state index contributed by atoms with van der Waals surface area (Å²) in [5.74, 6) is -2.93. The molecular weight excluding hydrogens is 618 g/mol. The number of carbonyl (C=O) groups excluding carboxylic acids is 2. The minimum Gasteiger partial charge on any atom is -0.448 e. The summed E-state index contributed by atoms with van der Waals surface area (Å²) in [5, 5.41) is 7.47. The number of ether oxygens (including phenoxy) is 2. The molecule has 0 aliphatic carbocycles. The lowest BCUT2D eigenvalue weighted by atomic mass is 9.85. The highest BCUT2D eigenvalue weighted by atomic mass is 19.4. The number of morpholine rings is 1. The van der Waals surface area contributed by atoms with E-state index in [9.17, 15) is 31.5 Å². The van der Waals surface area contributed by atoms with Gasteiger partial charge < -0.3 is 31.2 Å². The molecule has 1 aliphatic rings. The van der Waals surface area contributed by atoms with E-state index in [2.05, 4.69) is 10.6 Å². The van der Waals surface area contributed by atoms with Gasteiger partial charge in [-0.1, -0.05) is 30.3 Å². The fourth-order valence-electron chi connectivity index (χ4n) is 5.20. The zero-order valence-corrected chi connectivity index (χ0v) is 24.8. The Hall–Kier alpha value is -4.14. The Morgan fingerprint density at radius 3 is 2.17 bits per heavy atom. The SMILES string of the molecule is C[C@H]1O[C@H](CCc2c(F)cccc2NC(=O)[C@@H](N)C(c2ccc(F)cc2)c2ccc(F)cc2)CN[C@@H]1COC(=O)NCC(F)(F)F. The van der Waals surface area contributed by atoms with Gasteiger partial charge in [0, 0.05) is 23.7 Å². The highest BCUT2D eigenvalue weighted by Crippen LogP contribution is 2.30. The second kappa shape index (κ2) is 15.4. The van der Waals surface area contributed by atoms with E-state index in [-0.39, 0.29) is 24.3 Å². The number of benzene rings is 3. The van der Waals surface area contributed by atoms with Gasteiger partial charge in [0.2, 0.25) is 5.91 Å². The molecule has 14 heteroatoms. The average Bonchev–Trinajstić information content (AvgIpc) is 3.01. The topological polar surface area (TPSA) is 115 Å². The number of alkyl halides is 3. The van der Waals surface area contributed by atoms with Crippen molar-refractivity contribution in [1.29, 1.82) is 0 Å². The number of carbonyl (C=O) groups is 2. The molecule has 0 aromatic heterocycles. The molecule has 0 bridgehead atoms. The first-order chi connectivity index (χ1) is 21.8.